The van der Waals surface area contributed by atoms with Gasteiger partial charge in [0.05, 0.1) is 11.7 Å². The standard InChI is InChI=1S/C16H20N2/c1-3-6-13-8-10-14(11-9-13)16(17-2)15-7-4-5-12-18-15/h4-5,7-12,16-17H,3,6H2,1-2H3. The third kappa shape index (κ3) is 2.96. The second-order valence-electron chi connectivity index (χ2n) is 4.47. The van der Waals surface area contributed by atoms with Gasteiger partial charge in [-0.05, 0) is 36.7 Å². The largest absolute Gasteiger partial charge is 0.308 e. The molecule has 94 valence electrons. The van der Waals surface area contributed by atoms with Gasteiger partial charge in [-0.3, -0.25) is 4.98 Å². The Hall–Kier alpha value is -1.67. The quantitative estimate of drug-likeness (QED) is 0.867. The molecule has 0 aliphatic carbocycles. The van der Waals surface area contributed by atoms with E-state index in [4.69, 9.17) is 0 Å². The highest BCUT2D eigenvalue weighted by molar-refractivity contribution is 5.30. The van der Waals surface area contributed by atoms with E-state index in [0.717, 1.165) is 12.1 Å². The zero-order valence-electron chi connectivity index (χ0n) is 11.1. The molecule has 18 heavy (non-hydrogen) atoms. The fourth-order valence-corrected chi connectivity index (χ4v) is 2.20. The second kappa shape index (κ2) is 6.31. The van der Waals surface area contributed by atoms with Crippen molar-refractivity contribution in [3.05, 3.63) is 65.5 Å². The number of nitrogens with zero attached hydrogens (tertiary/aromatic N) is 1. The molecule has 1 N–H and O–H groups in total. The van der Waals surface area contributed by atoms with Gasteiger partial charge >= 0.3 is 0 Å². The minimum Gasteiger partial charge on any atom is -0.308 e. The van der Waals surface area contributed by atoms with Crippen molar-refractivity contribution in [3.63, 3.8) is 0 Å². The van der Waals surface area contributed by atoms with E-state index in [1.807, 2.05) is 25.4 Å². The van der Waals surface area contributed by atoms with Crippen LogP contribution in [0.5, 0.6) is 0 Å². The Morgan fingerprint density at radius 2 is 1.89 bits per heavy atom. The third-order valence-corrected chi connectivity index (χ3v) is 3.12. The number of nitrogens with one attached hydrogen (secondary N) is 1. The Kier molecular flexibility index (Phi) is 4.48. The van der Waals surface area contributed by atoms with Gasteiger partial charge in [0.15, 0.2) is 0 Å². The van der Waals surface area contributed by atoms with Crippen LogP contribution in [-0.2, 0) is 6.42 Å². The molecule has 0 aliphatic rings. The molecule has 0 saturated heterocycles. The summed E-state index contributed by atoms with van der Waals surface area (Å²) < 4.78 is 0. The number of hydrogen-bond donors (Lipinski definition) is 1. The van der Waals surface area contributed by atoms with E-state index in [2.05, 4.69) is 47.6 Å². The highest BCUT2D eigenvalue weighted by Crippen LogP contribution is 2.20. The summed E-state index contributed by atoms with van der Waals surface area (Å²) in [6.45, 7) is 2.21. The molecule has 0 saturated carbocycles. The highest BCUT2D eigenvalue weighted by Gasteiger charge is 2.12. The van der Waals surface area contributed by atoms with Crippen LogP contribution in [0, 0.1) is 0 Å². The predicted octanol–water partition coefficient (Wildman–Crippen LogP) is 3.34. The van der Waals surface area contributed by atoms with Crippen molar-refractivity contribution in [2.75, 3.05) is 7.05 Å². The minimum atomic E-state index is 0.168. The fraction of sp³-hybridized carbons (Fsp3) is 0.312. The summed E-state index contributed by atoms with van der Waals surface area (Å²) in [7, 11) is 1.97. The van der Waals surface area contributed by atoms with E-state index in [-0.39, 0.29) is 6.04 Å². The van der Waals surface area contributed by atoms with Crippen molar-refractivity contribution in [2.24, 2.45) is 0 Å². The van der Waals surface area contributed by atoms with Crippen LogP contribution in [0.2, 0.25) is 0 Å². The van der Waals surface area contributed by atoms with Crippen molar-refractivity contribution < 1.29 is 0 Å². The summed E-state index contributed by atoms with van der Waals surface area (Å²) in [5, 5.41) is 3.32. The first-order chi connectivity index (χ1) is 8.85. The van der Waals surface area contributed by atoms with E-state index in [0.29, 0.717) is 0 Å². The molecule has 2 rings (SSSR count). The summed E-state index contributed by atoms with van der Waals surface area (Å²) in [5.74, 6) is 0. The molecule has 0 spiro atoms. The first-order valence-electron chi connectivity index (χ1n) is 6.52. The number of rotatable bonds is 5. The van der Waals surface area contributed by atoms with Gasteiger partial charge in [0.1, 0.15) is 0 Å². The molecule has 1 atom stereocenters. The molecule has 0 amide bonds. The van der Waals surface area contributed by atoms with E-state index >= 15 is 0 Å². The Morgan fingerprint density at radius 3 is 2.44 bits per heavy atom. The maximum absolute atomic E-state index is 4.42. The molecular formula is C16H20N2. The summed E-state index contributed by atoms with van der Waals surface area (Å²) in [6.07, 6.45) is 4.17. The summed E-state index contributed by atoms with van der Waals surface area (Å²) in [4.78, 5) is 4.42. The molecular weight excluding hydrogens is 220 g/mol. The van der Waals surface area contributed by atoms with Crippen molar-refractivity contribution >= 4 is 0 Å². The zero-order valence-corrected chi connectivity index (χ0v) is 11.1. The van der Waals surface area contributed by atoms with E-state index < -0.39 is 0 Å². The van der Waals surface area contributed by atoms with Crippen LogP contribution in [0.3, 0.4) is 0 Å². The van der Waals surface area contributed by atoms with Crippen molar-refractivity contribution in [1.29, 1.82) is 0 Å². The third-order valence-electron chi connectivity index (χ3n) is 3.12. The molecule has 0 radical (unpaired) electrons. The van der Waals surface area contributed by atoms with Gasteiger partial charge in [-0.2, -0.15) is 0 Å². The van der Waals surface area contributed by atoms with Crippen molar-refractivity contribution in [3.8, 4) is 0 Å². The van der Waals surface area contributed by atoms with E-state index in [1.165, 1.54) is 17.5 Å². The lowest BCUT2D eigenvalue weighted by Gasteiger charge is -2.16. The molecule has 2 heteroatoms. The minimum absolute atomic E-state index is 0.168. The Morgan fingerprint density at radius 1 is 1.11 bits per heavy atom. The van der Waals surface area contributed by atoms with Crippen LogP contribution in [0.1, 0.15) is 36.2 Å². The molecule has 1 unspecified atom stereocenters. The number of pyridine rings is 1. The van der Waals surface area contributed by atoms with Gasteiger partial charge in [0, 0.05) is 6.20 Å². The first-order valence-corrected chi connectivity index (χ1v) is 6.52. The van der Waals surface area contributed by atoms with Crippen LogP contribution in [0.25, 0.3) is 0 Å². The summed E-state index contributed by atoms with van der Waals surface area (Å²) >= 11 is 0. The van der Waals surface area contributed by atoms with Crippen LogP contribution in [-0.4, -0.2) is 12.0 Å². The molecule has 2 aromatic rings. The lowest BCUT2D eigenvalue weighted by Crippen LogP contribution is -2.18. The first kappa shape index (κ1) is 12.8. The SMILES string of the molecule is CCCc1ccc(C(NC)c2ccccn2)cc1. The van der Waals surface area contributed by atoms with Gasteiger partial charge in [-0.1, -0.05) is 43.7 Å². The predicted molar refractivity (Wildman–Crippen MR) is 75.6 cm³/mol. The Bertz CT molecular complexity index is 462. The maximum Gasteiger partial charge on any atom is 0.0748 e. The van der Waals surface area contributed by atoms with Gasteiger partial charge in [-0.15, -0.1) is 0 Å². The molecule has 1 aromatic carbocycles. The van der Waals surface area contributed by atoms with E-state index in [9.17, 15) is 0 Å². The molecule has 0 bridgehead atoms. The normalized spacial score (nSPS) is 12.3. The molecule has 1 aromatic heterocycles. The number of aromatic nitrogens is 1. The Labute approximate surface area is 109 Å². The molecule has 0 aliphatic heterocycles. The van der Waals surface area contributed by atoms with Crippen molar-refractivity contribution in [2.45, 2.75) is 25.8 Å². The summed E-state index contributed by atoms with van der Waals surface area (Å²) in [6, 6.07) is 15.0. The average molecular weight is 240 g/mol. The van der Waals surface area contributed by atoms with Gasteiger partial charge < -0.3 is 5.32 Å². The fourth-order valence-electron chi connectivity index (χ4n) is 2.20. The topological polar surface area (TPSA) is 24.9 Å². The molecule has 1 heterocycles. The highest BCUT2D eigenvalue weighted by atomic mass is 14.9. The average Bonchev–Trinajstić information content (AvgIpc) is 2.43. The Balaban J connectivity index is 2.23. The summed E-state index contributed by atoms with van der Waals surface area (Å²) in [5.41, 5.74) is 3.72. The van der Waals surface area contributed by atoms with Crippen molar-refractivity contribution in [1.82, 2.24) is 10.3 Å². The molecule has 0 fully saturated rings. The van der Waals surface area contributed by atoms with Gasteiger partial charge in [-0.25, -0.2) is 0 Å². The number of benzene rings is 1. The number of aryl methyl sites for hydroxylation is 1. The van der Waals surface area contributed by atoms with Crippen LogP contribution < -0.4 is 5.32 Å². The monoisotopic (exact) mass is 240 g/mol. The lowest BCUT2D eigenvalue weighted by molar-refractivity contribution is 0.670. The van der Waals surface area contributed by atoms with E-state index in [1.54, 1.807) is 0 Å². The van der Waals surface area contributed by atoms with Gasteiger partial charge in [0.25, 0.3) is 0 Å². The number of hydrogen-bond acceptors (Lipinski definition) is 2. The lowest BCUT2D eigenvalue weighted by atomic mass is 10.0. The second-order valence-corrected chi connectivity index (χ2v) is 4.47. The molecule has 2 nitrogen and oxygen atoms in total. The van der Waals surface area contributed by atoms with Gasteiger partial charge in [0.2, 0.25) is 0 Å². The smallest absolute Gasteiger partial charge is 0.0748 e. The van der Waals surface area contributed by atoms with Crippen LogP contribution >= 0.6 is 0 Å². The zero-order chi connectivity index (χ0) is 12.8. The van der Waals surface area contributed by atoms with Crippen LogP contribution in [0.15, 0.2) is 48.7 Å². The maximum atomic E-state index is 4.42. The van der Waals surface area contributed by atoms with Crippen LogP contribution in [0.4, 0.5) is 0 Å².